The van der Waals surface area contributed by atoms with Crippen molar-refractivity contribution in [3.8, 4) is 0 Å². The number of hydrogen-bond acceptors (Lipinski definition) is 5. The summed E-state index contributed by atoms with van der Waals surface area (Å²) in [5.74, 6) is -1.10. The molecule has 0 aliphatic carbocycles. The van der Waals surface area contributed by atoms with Gasteiger partial charge in [-0.1, -0.05) is 0 Å². The predicted octanol–water partition coefficient (Wildman–Crippen LogP) is 1.63. The molecule has 20 heavy (non-hydrogen) atoms. The first-order valence-corrected chi connectivity index (χ1v) is 7.93. The second-order valence-electron chi connectivity index (χ2n) is 4.02. The molecule has 1 heterocycles. The molecule has 2 aromatic rings. The normalized spacial score (nSPS) is 11.4. The number of aryl methyl sites for hydroxylation is 1. The summed E-state index contributed by atoms with van der Waals surface area (Å²) in [6.45, 7) is 2.00. The summed E-state index contributed by atoms with van der Waals surface area (Å²) in [6.07, 6.45) is 1.68. The van der Waals surface area contributed by atoms with Gasteiger partial charge in [-0.2, -0.15) is 0 Å². The van der Waals surface area contributed by atoms with Gasteiger partial charge in [-0.05, 0) is 31.2 Å². The van der Waals surface area contributed by atoms with Crippen LogP contribution in [0, 0.1) is 6.92 Å². The quantitative estimate of drug-likeness (QED) is 0.874. The lowest BCUT2D eigenvalue weighted by Gasteiger charge is -2.05. The molecule has 6 nitrogen and oxygen atoms in total. The predicted molar refractivity (Wildman–Crippen MR) is 74.3 cm³/mol. The van der Waals surface area contributed by atoms with Gasteiger partial charge in [0.2, 0.25) is 10.0 Å². The van der Waals surface area contributed by atoms with Crippen molar-refractivity contribution in [2.24, 2.45) is 0 Å². The molecule has 0 fully saturated rings. The van der Waals surface area contributed by atoms with Crippen LogP contribution in [0.15, 0.2) is 35.4 Å². The molecule has 0 radical (unpaired) electrons. The average molecular weight is 312 g/mol. The van der Waals surface area contributed by atoms with Gasteiger partial charge in [0.25, 0.3) is 0 Å². The number of hydrogen-bond donors (Lipinski definition) is 2. The minimum atomic E-state index is -3.67. The van der Waals surface area contributed by atoms with Crippen LogP contribution < -0.4 is 4.72 Å². The van der Waals surface area contributed by atoms with Crippen LogP contribution in [0.2, 0.25) is 0 Å². The Balaban J connectivity index is 2.11. The van der Waals surface area contributed by atoms with Crippen molar-refractivity contribution in [2.75, 3.05) is 0 Å². The maximum atomic E-state index is 12.0. The van der Waals surface area contributed by atoms with E-state index in [0.29, 0.717) is 5.01 Å². The van der Waals surface area contributed by atoms with E-state index in [1.54, 1.807) is 6.20 Å². The van der Waals surface area contributed by atoms with Crippen LogP contribution >= 0.6 is 11.3 Å². The number of nitrogens with one attached hydrogen (secondary N) is 1. The van der Waals surface area contributed by atoms with E-state index in [2.05, 4.69) is 9.71 Å². The third-order valence-corrected chi connectivity index (χ3v) is 4.82. The molecule has 0 saturated carbocycles. The largest absolute Gasteiger partial charge is 0.478 e. The van der Waals surface area contributed by atoms with E-state index in [4.69, 9.17) is 5.11 Å². The fourth-order valence-corrected chi connectivity index (χ4v) is 3.31. The summed E-state index contributed by atoms with van der Waals surface area (Å²) < 4.78 is 26.4. The lowest BCUT2D eigenvalue weighted by molar-refractivity contribution is 0.0696. The number of carboxylic acids is 1. The van der Waals surface area contributed by atoms with Crippen molar-refractivity contribution >= 4 is 27.3 Å². The van der Waals surface area contributed by atoms with Crippen LogP contribution in [0.5, 0.6) is 0 Å². The highest BCUT2D eigenvalue weighted by atomic mass is 32.2. The van der Waals surface area contributed by atoms with Gasteiger partial charge in [0, 0.05) is 11.1 Å². The second kappa shape index (κ2) is 5.70. The molecule has 2 rings (SSSR count). The minimum Gasteiger partial charge on any atom is -0.478 e. The maximum Gasteiger partial charge on any atom is 0.335 e. The Hall–Kier alpha value is -1.77. The van der Waals surface area contributed by atoms with E-state index >= 15 is 0 Å². The van der Waals surface area contributed by atoms with Crippen molar-refractivity contribution in [1.29, 1.82) is 0 Å². The standard InChI is InChI=1S/C12H12N2O4S2/c1-8-6-13-11(19-8)7-14-20(17,18)10-4-2-9(3-5-10)12(15)16/h2-6,14H,7H2,1H3,(H,15,16). The summed E-state index contributed by atoms with van der Waals surface area (Å²) in [4.78, 5) is 15.8. The van der Waals surface area contributed by atoms with Gasteiger partial charge in [0.05, 0.1) is 17.0 Å². The van der Waals surface area contributed by atoms with Gasteiger partial charge in [0.1, 0.15) is 5.01 Å². The number of aromatic nitrogens is 1. The molecule has 8 heteroatoms. The summed E-state index contributed by atoms with van der Waals surface area (Å²) in [7, 11) is -3.67. The lowest BCUT2D eigenvalue weighted by Crippen LogP contribution is -2.23. The molecular formula is C12H12N2O4S2. The number of aromatic carboxylic acids is 1. The summed E-state index contributed by atoms with van der Waals surface area (Å²) in [5.41, 5.74) is 0.0412. The van der Waals surface area contributed by atoms with E-state index in [1.807, 2.05) is 6.92 Å². The Labute approximate surface area is 120 Å². The molecule has 0 aliphatic heterocycles. The third-order valence-electron chi connectivity index (χ3n) is 2.49. The molecule has 106 valence electrons. The molecule has 0 atom stereocenters. The molecule has 1 aromatic heterocycles. The Kier molecular flexibility index (Phi) is 4.17. The number of rotatable bonds is 5. The zero-order chi connectivity index (χ0) is 14.8. The molecular weight excluding hydrogens is 300 g/mol. The molecule has 0 spiro atoms. The van der Waals surface area contributed by atoms with Crippen molar-refractivity contribution in [3.05, 3.63) is 45.9 Å². The highest BCUT2D eigenvalue weighted by Crippen LogP contribution is 2.14. The Morgan fingerprint density at radius 1 is 1.35 bits per heavy atom. The van der Waals surface area contributed by atoms with Gasteiger partial charge < -0.3 is 5.11 Å². The van der Waals surface area contributed by atoms with Crippen LogP contribution in [-0.2, 0) is 16.6 Å². The maximum absolute atomic E-state index is 12.0. The van der Waals surface area contributed by atoms with Crippen molar-refractivity contribution in [1.82, 2.24) is 9.71 Å². The molecule has 0 unspecified atom stereocenters. The second-order valence-corrected chi connectivity index (χ2v) is 7.11. The van der Waals surface area contributed by atoms with Crippen molar-refractivity contribution in [2.45, 2.75) is 18.4 Å². The topological polar surface area (TPSA) is 96.4 Å². The van der Waals surface area contributed by atoms with Crippen molar-refractivity contribution in [3.63, 3.8) is 0 Å². The van der Waals surface area contributed by atoms with Crippen LogP contribution in [0.3, 0.4) is 0 Å². The number of benzene rings is 1. The van der Waals surface area contributed by atoms with Crippen LogP contribution in [0.4, 0.5) is 0 Å². The first-order chi connectivity index (χ1) is 9.38. The van der Waals surface area contributed by atoms with Gasteiger partial charge in [-0.15, -0.1) is 11.3 Å². The Morgan fingerprint density at radius 2 is 2.00 bits per heavy atom. The van der Waals surface area contributed by atoms with E-state index in [-0.39, 0.29) is 17.0 Å². The molecule has 0 aliphatic rings. The number of carboxylic acid groups (broad SMARTS) is 1. The zero-order valence-corrected chi connectivity index (χ0v) is 12.2. The zero-order valence-electron chi connectivity index (χ0n) is 10.5. The number of nitrogens with zero attached hydrogens (tertiary/aromatic N) is 1. The smallest absolute Gasteiger partial charge is 0.335 e. The minimum absolute atomic E-state index is 0.0239. The number of sulfonamides is 1. The Bertz CT molecular complexity index is 720. The van der Waals surface area contributed by atoms with E-state index < -0.39 is 16.0 Å². The van der Waals surface area contributed by atoms with E-state index in [0.717, 1.165) is 4.88 Å². The fourth-order valence-electron chi connectivity index (χ4n) is 1.50. The monoisotopic (exact) mass is 312 g/mol. The summed E-state index contributed by atoms with van der Waals surface area (Å²) in [5, 5.41) is 9.44. The molecule has 0 saturated heterocycles. The SMILES string of the molecule is Cc1cnc(CNS(=O)(=O)c2ccc(C(=O)O)cc2)s1. The first kappa shape index (κ1) is 14.6. The summed E-state index contributed by atoms with van der Waals surface area (Å²) in [6, 6.07) is 5.03. The number of thiazole rings is 1. The van der Waals surface area contributed by atoms with Gasteiger partial charge in [-0.3, -0.25) is 0 Å². The highest BCUT2D eigenvalue weighted by Gasteiger charge is 2.15. The molecule has 1 aromatic carbocycles. The van der Waals surface area contributed by atoms with Gasteiger partial charge in [0.15, 0.2) is 0 Å². The first-order valence-electron chi connectivity index (χ1n) is 5.63. The van der Waals surface area contributed by atoms with E-state index in [1.165, 1.54) is 35.6 Å². The van der Waals surface area contributed by atoms with Crippen LogP contribution in [0.25, 0.3) is 0 Å². The lowest BCUT2D eigenvalue weighted by atomic mass is 10.2. The Morgan fingerprint density at radius 3 is 2.50 bits per heavy atom. The molecule has 0 bridgehead atoms. The van der Waals surface area contributed by atoms with Crippen LogP contribution in [-0.4, -0.2) is 24.5 Å². The van der Waals surface area contributed by atoms with Crippen LogP contribution in [0.1, 0.15) is 20.2 Å². The van der Waals surface area contributed by atoms with Gasteiger partial charge in [-0.25, -0.2) is 22.9 Å². The fraction of sp³-hybridized carbons (Fsp3) is 0.167. The van der Waals surface area contributed by atoms with Gasteiger partial charge >= 0.3 is 5.97 Å². The van der Waals surface area contributed by atoms with Crippen molar-refractivity contribution < 1.29 is 18.3 Å². The highest BCUT2D eigenvalue weighted by molar-refractivity contribution is 7.89. The summed E-state index contributed by atoms with van der Waals surface area (Å²) >= 11 is 1.41. The molecule has 2 N–H and O–H groups in total. The number of carbonyl (C=O) groups is 1. The molecule has 0 amide bonds. The van der Waals surface area contributed by atoms with E-state index in [9.17, 15) is 13.2 Å². The third kappa shape index (κ3) is 3.41. The average Bonchev–Trinajstić information content (AvgIpc) is 2.82.